The summed E-state index contributed by atoms with van der Waals surface area (Å²) in [7, 11) is 1.58. The maximum atomic E-state index is 8.70. The van der Waals surface area contributed by atoms with E-state index in [1.807, 2.05) is 26.0 Å². The molecule has 1 aromatic carbocycles. The summed E-state index contributed by atoms with van der Waals surface area (Å²) in [5, 5.41) is 15.6. The van der Waals surface area contributed by atoms with E-state index in [0.717, 1.165) is 12.1 Å². The highest BCUT2D eigenvalue weighted by Gasteiger charge is 2.22. The number of rotatable bonds is 6. The van der Waals surface area contributed by atoms with Crippen molar-refractivity contribution in [3.05, 3.63) is 23.2 Å². The smallest absolute Gasteiger partial charge is 0.144 e. The van der Waals surface area contributed by atoms with Gasteiger partial charge in [-0.05, 0) is 18.6 Å². The van der Waals surface area contributed by atoms with E-state index < -0.39 is 0 Å². The fourth-order valence-electron chi connectivity index (χ4n) is 1.55. The molecule has 19 heavy (non-hydrogen) atoms. The van der Waals surface area contributed by atoms with Gasteiger partial charge in [0.05, 0.1) is 12.1 Å². The van der Waals surface area contributed by atoms with Crippen molar-refractivity contribution in [2.45, 2.75) is 20.3 Å². The van der Waals surface area contributed by atoms with Crippen LogP contribution in [0.25, 0.3) is 0 Å². The highest BCUT2D eigenvalue weighted by molar-refractivity contribution is 6.32. The van der Waals surface area contributed by atoms with E-state index in [1.165, 1.54) is 0 Å². The second kappa shape index (κ2) is 6.52. The Morgan fingerprint density at radius 3 is 2.79 bits per heavy atom. The number of nitrogens with zero attached hydrogens (tertiary/aromatic N) is 1. The molecule has 0 fully saturated rings. The summed E-state index contributed by atoms with van der Waals surface area (Å²) < 4.78 is 5.14. The minimum absolute atomic E-state index is 0.225. The van der Waals surface area contributed by atoms with E-state index in [1.54, 1.807) is 13.2 Å². The Morgan fingerprint density at radius 2 is 2.21 bits per heavy atom. The first-order valence-electron chi connectivity index (χ1n) is 5.96. The van der Waals surface area contributed by atoms with E-state index >= 15 is 0 Å². The molecule has 0 aliphatic rings. The number of hydrogen-bond acceptors (Lipinski definition) is 4. The van der Waals surface area contributed by atoms with Crippen LogP contribution in [-0.4, -0.2) is 24.7 Å². The predicted molar refractivity (Wildman–Crippen MR) is 78.3 cm³/mol. The maximum absolute atomic E-state index is 8.70. The van der Waals surface area contributed by atoms with Crippen molar-refractivity contribution in [3.63, 3.8) is 0 Å². The molecule has 0 aromatic heterocycles. The third kappa shape index (κ3) is 4.21. The van der Waals surface area contributed by atoms with E-state index in [-0.39, 0.29) is 11.3 Å². The lowest BCUT2D eigenvalue weighted by Crippen LogP contribution is -2.33. The van der Waals surface area contributed by atoms with Gasteiger partial charge < -0.3 is 21.0 Å². The number of hydrogen-bond donors (Lipinski definition) is 3. The Bertz CT molecular complexity index is 461. The van der Waals surface area contributed by atoms with Gasteiger partial charge in [0.25, 0.3) is 0 Å². The summed E-state index contributed by atoms with van der Waals surface area (Å²) in [5.41, 5.74) is 6.18. The largest absolute Gasteiger partial charge is 0.495 e. The molecule has 0 spiro atoms. The Kier molecular flexibility index (Phi) is 5.30. The minimum Gasteiger partial charge on any atom is -0.495 e. The third-order valence-corrected chi connectivity index (χ3v) is 3.34. The van der Waals surface area contributed by atoms with Crippen LogP contribution < -0.4 is 15.8 Å². The molecule has 1 aromatic rings. The molecule has 5 nitrogen and oxygen atoms in total. The molecule has 1 rings (SSSR count). The van der Waals surface area contributed by atoms with Gasteiger partial charge in [-0.25, -0.2) is 0 Å². The lowest BCUT2D eigenvalue weighted by molar-refractivity contribution is 0.306. The number of oxime groups is 1. The quantitative estimate of drug-likeness (QED) is 0.325. The molecule has 0 saturated carbocycles. The number of halogens is 1. The lowest BCUT2D eigenvalue weighted by atomic mass is 9.88. The molecule has 0 amide bonds. The van der Waals surface area contributed by atoms with Gasteiger partial charge in [0.1, 0.15) is 11.6 Å². The first kappa shape index (κ1) is 15.4. The molecule has 6 heteroatoms. The first-order valence-corrected chi connectivity index (χ1v) is 6.34. The van der Waals surface area contributed by atoms with Gasteiger partial charge in [-0.15, -0.1) is 0 Å². The monoisotopic (exact) mass is 285 g/mol. The van der Waals surface area contributed by atoms with Gasteiger partial charge in [0, 0.05) is 23.7 Å². The van der Waals surface area contributed by atoms with E-state index in [0.29, 0.717) is 17.3 Å². The molecular weight excluding hydrogens is 266 g/mol. The summed E-state index contributed by atoms with van der Waals surface area (Å²) >= 11 is 5.95. The number of nitrogens with two attached hydrogens (primary N) is 1. The summed E-state index contributed by atoms with van der Waals surface area (Å²) in [6.07, 6.45) is 0.730. The SMILES string of the molecule is COc1cc(NCCC(C)(C)/C(N)=N/O)ccc1Cl. The van der Waals surface area contributed by atoms with E-state index in [9.17, 15) is 0 Å². The Hall–Kier alpha value is -1.62. The molecule has 106 valence electrons. The van der Waals surface area contributed by atoms with Crippen molar-refractivity contribution in [1.29, 1.82) is 0 Å². The number of benzene rings is 1. The van der Waals surface area contributed by atoms with Crippen molar-refractivity contribution < 1.29 is 9.94 Å². The molecule has 0 unspecified atom stereocenters. The van der Waals surface area contributed by atoms with Gasteiger partial charge >= 0.3 is 0 Å². The minimum atomic E-state index is -0.363. The Morgan fingerprint density at radius 1 is 1.53 bits per heavy atom. The number of ether oxygens (including phenoxy) is 1. The number of nitrogens with one attached hydrogen (secondary N) is 1. The van der Waals surface area contributed by atoms with Crippen molar-refractivity contribution >= 4 is 23.1 Å². The van der Waals surface area contributed by atoms with Crippen LogP contribution in [0.5, 0.6) is 5.75 Å². The molecule has 0 aliphatic carbocycles. The van der Waals surface area contributed by atoms with Crippen LogP contribution >= 0.6 is 11.6 Å². The molecule has 4 N–H and O–H groups in total. The van der Waals surface area contributed by atoms with Gasteiger partial charge in [0.15, 0.2) is 0 Å². The summed E-state index contributed by atoms with van der Waals surface area (Å²) in [4.78, 5) is 0. The summed E-state index contributed by atoms with van der Waals surface area (Å²) in [6.45, 7) is 4.53. The summed E-state index contributed by atoms with van der Waals surface area (Å²) in [6, 6.07) is 5.48. The highest BCUT2D eigenvalue weighted by Crippen LogP contribution is 2.28. The summed E-state index contributed by atoms with van der Waals surface area (Å²) in [5.74, 6) is 0.852. The third-order valence-electron chi connectivity index (χ3n) is 3.03. The lowest BCUT2D eigenvalue weighted by Gasteiger charge is -2.23. The van der Waals surface area contributed by atoms with Crippen LogP contribution in [0.4, 0.5) is 5.69 Å². The molecule has 0 saturated heterocycles. The highest BCUT2D eigenvalue weighted by atomic mass is 35.5. The molecule has 0 aliphatic heterocycles. The van der Waals surface area contributed by atoms with E-state index in [4.69, 9.17) is 27.3 Å². The zero-order chi connectivity index (χ0) is 14.5. The molecule has 0 atom stereocenters. The molecule has 0 bridgehead atoms. The van der Waals surface area contributed by atoms with Crippen molar-refractivity contribution in [3.8, 4) is 5.75 Å². The molecular formula is C13H20ClN3O2. The van der Waals surface area contributed by atoms with E-state index in [2.05, 4.69) is 10.5 Å². The number of methoxy groups -OCH3 is 1. The average Bonchev–Trinajstić information content (AvgIpc) is 2.39. The van der Waals surface area contributed by atoms with Gasteiger partial charge in [0.2, 0.25) is 0 Å². The Labute approximate surface area is 118 Å². The Balaban J connectivity index is 2.59. The van der Waals surface area contributed by atoms with Gasteiger partial charge in [-0.2, -0.15) is 0 Å². The standard InChI is InChI=1S/C13H20ClN3O2/c1-13(2,12(15)17-18)6-7-16-9-4-5-10(14)11(8-9)19-3/h4-5,8,16,18H,6-7H2,1-3H3,(H2,15,17). The van der Waals surface area contributed by atoms with Gasteiger partial charge in [-0.1, -0.05) is 30.6 Å². The van der Waals surface area contributed by atoms with Crippen molar-refractivity contribution in [2.24, 2.45) is 16.3 Å². The second-order valence-electron chi connectivity index (χ2n) is 4.90. The topological polar surface area (TPSA) is 79.9 Å². The van der Waals surface area contributed by atoms with Crippen LogP contribution in [0.15, 0.2) is 23.4 Å². The second-order valence-corrected chi connectivity index (χ2v) is 5.30. The van der Waals surface area contributed by atoms with Crippen LogP contribution in [0.3, 0.4) is 0 Å². The fraction of sp³-hybridized carbons (Fsp3) is 0.462. The zero-order valence-electron chi connectivity index (χ0n) is 11.4. The van der Waals surface area contributed by atoms with Crippen LogP contribution in [0.1, 0.15) is 20.3 Å². The van der Waals surface area contributed by atoms with Crippen LogP contribution in [0.2, 0.25) is 5.02 Å². The van der Waals surface area contributed by atoms with Crippen molar-refractivity contribution in [2.75, 3.05) is 19.0 Å². The molecule has 0 heterocycles. The van der Waals surface area contributed by atoms with Crippen LogP contribution in [0, 0.1) is 5.41 Å². The van der Waals surface area contributed by atoms with Gasteiger partial charge in [-0.3, -0.25) is 0 Å². The molecule has 0 radical (unpaired) electrons. The average molecular weight is 286 g/mol. The first-order chi connectivity index (χ1) is 8.90. The van der Waals surface area contributed by atoms with Crippen LogP contribution in [-0.2, 0) is 0 Å². The zero-order valence-corrected chi connectivity index (χ0v) is 12.2. The maximum Gasteiger partial charge on any atom is 0.144 e. The fourth-order valence-corrected chi connectivity index (χ4v) is 1.75. The predicted octanol–water partition coefficient (Wildman–Crippen LogP) is 2.92. The normalized spacial score (nSPS) is 12.3. The van der Waals surface area contributed by atoms with Crippen molar-refractivity contribution in [1.82, 2.24) is 0 Å². The number of amidine groups is 1. The number of anilines is 1.